The smallest absolute Gasteiger partial charge is 0.0540 e. The van der Waals surface area contributed by atoms with E-state index in [0.717, 1.165) is 56.4 Å². The molecule has 0 fully saturated rings. The predicted octanol–water partition coefficient (Wildman–Crippen LogP) is 18.6. The zero-order valence-corrected chi connectivity index (χ0v) is 37.6. The molecule has 0 unspecified atom stereocenters. The molecule has 0 aliphatic carbocycles. The topological polar surface area (TPSA) is 6.48 Å². The van der Waals surface area contributed by atoms with E-state index in [1.165, 1.54) is 44.5 Å². The first-order chi connectivity index (χ1) is 33.7. The second-order valence-corrected chi connectivity index (χ2v) is 16.9. The highest BCUT2D eigenvalue weighted by Gasteiger charge is 2.20. The molecular formula is C66H48N2. The van der Waals surface area contributed by atoms with Crippen LogP contribution < -0.4 is 9.80 Å². The summed E-state index contributed by atoms with van der Waals surface area (Å²) in [5.74, 6) is 0. The van der Waals surface area contributed by atoms with Crippen molar-refractivity contribution < 1.29 is 0 Å². The molecule has 11 aromatic rings. The summed E-state index contributed by atoms with van der Waals surface area (Å²) in [4.78, 5) is 4.77. The molecule has 0 saturated carbocycles. The van der Waals surface area contributed by atoms with E-state index in [2.05, 4.69) is 301 Å². The number of para-hydroxylation sites is 1. The van der Waals surface area contributed by atoms with Crippen molar-refractivity contribution in [1.29, 1.82) is 0 Å². The molecular weight excluding hydrogens is 821 g/mol. The van der Waals surface area contributed by atoms with Crippen LogP contribution in [0.5, 0.6) is 0 Å². The van der Waals surface area contributed by atoms with Crippen molar-refractivity contribution in [3.8, 4) is 66.8 Å². The van der Waals surface area contributed by atoms with Crippen molar-refractivity contribution >= 4 is 34.1 Å². The lowest BCUT2D eigenvalue weighted by atomic mass is 9.96. The second-order valence-electron chi connectivity index (χ2n) is 16.9. The molecule has 0 radical (unpaired) electrons. The quantitative estimate of drug-likeness (QED) is 0.121. The van der Waals surface area contributed by atoms with Gasteiger partial charge in [-0.15, -0.1) is 0 Å². The molecule has 68 heavy (non-hydrogen) atoms. The Bertz CT molecular complexity index is 3370. The van der Waals surface area contributed by atoms with Crippen LogP contribution >= 0.6 is 0 Å². The first kappa shape index (κ1) is 41.7. The monoisotopic (exact) mass is 868 g/mol. The number of hydrogen-bond donors (Lipinski definition) is 0. The van der Waals surface area contributed by atoms with Crippen LogP contribution in [0, 0.1) is 0 Å². The van der Waals surface area contributed by atoms with E-state index in [0.29, 0.717) is 0 Å². The largest absolute Gasteiger partial charge is 0.310 e. The lowest BCUT2D eigenvalue weighted by Gasteiger charge is -2.29. The highest BCUT2D eigenvalue weighted by Crippen LogP contribution is 2.45. The van der Waals surface area contributed by atoms with E-state index >= 15 is 0 Å². The standard InChI is InChI=1S/C66H48N2/c1-6-18-49(19-7-1)52-30-39-59(40-31-52)67(65-29-17-16-28-63(65)56-24-12-4-13-25-56)60-43-34-54(35-44-60)55-36-45-62(46-37-55)68(61-41-32-53(33-42-61)50-20-8-2-9-21-50)66-47-38-58(51-22-10-3-11-23-51)48-64(66)57-26-14-5-15-27-57/h1-48H. The molecule has 0 spiro atoms. The Morgan fingerprint density at radius 2 is 0.412 bits per heavy atom. The number of hydrogen-bond acceptors (Lipinski definition) is 2. The van der Waals surface area contributed by atoms with Crippen molar-refractivity contribution in [3.05, 3.63) is 291 Å². The average Bonchev–Trinajstić information content (AvgIpc) is 3.43. The molecule has 2 nitrogen and oxygen atoms in total. The molecule has 0 aliphatic heterocycles. The van der Waals surface area contributed by atoms with Gasteiger partial charge in [0, 0.05) is 33.9 Å². The third kappa shape index (κ3) is 8.75. The Labute approximate surface area is 400 Å². The van der Waals surface area contributed by atoms with E-state index < -0.39 is 0 Å². The summed E-state index contributed by atoms with van der Waals surface area (Å²) < 4.78 is 0. The SMILES string of the molecule is c1ccc(-c2ccc(N(c3ccc(-c4ccc(N(c5ccc(-c6ccccc6)cc5)c5ccc(-c6ccccc6)cc5-c5ccccc5)cc4)cc3)c3ccccc3-c3ccccc3)cc2)cc1. The average molecular weight is 869 g/mol. The van der Waals surface area contributed by atoms with Gasteiger partial charge >= 0.3 is 0 Å². The van der Waals surface area contributed by atoms with Gasteiger partial charge in [0.1, 0.15) is 0 Å². The van der Waals surface area contributed by atoms with Gasteiger partial charge in [-0.1, -0.05) is 224 Å². The Kier molecular flexibility index (Phi) is 11.8. The normalized spacial score (nSPS) is 10.9. The highest BCUT2D eigenvalue weighted by molar-refractivity contribution is 5.92. The molecule has 11 aromatic carbocycles. The molecule has 0 aliphatic rings. The summed E-state index contributed by atoms with van der Waals surface area (Å²) in [6.07, 6.45) is 0. The maximum atomic E-state index is 2.39. The predicted molar refractivity (Wildman–Crippen MR) is 288 cm³/mol. The maximum absolute atomic E-state index is 2.39. The van der Waals surface area contributed by atoms with Crippen molar-refractivity contribution in [2.75, 3.05) is 9.80 Å². The Morgan fingerprint density at radius 1 is 0.162 bits per heavy atom. The number of anilines is 6. The van der Waals surface area contributed by atoms with Crippen LogP contribution in [-0.4, -0.2) is 0 Å². The van der Waals surface area contributed by atoms with Crippen LogP contribution in [0.15, 0.2) is 291 Å². The van der Waals surface area contributed by atoms with E-state index in [-0.39, 0.29) is 0 Å². The summed E-state index contributed by atoms with van der Waals surface area (Å²) in [7, 11) is 0. The maximum Gasteiger partial charge on any atom is 0.0540 e. The summed E-state index contributed by atoms with van der Waals surface area (Å²) in [5.41, 5.74) is 20.6. The van der Waals surface area contributed by atoms with Gasteiger partial charge in [-0.2, -0.15) is 0 Å². The van der Waals surface area contributed by atoms with Crippen molar-refractivity contribution in [2.24, 2.45) is 0 Å². The van der Waals surface area contributed by atoms with Crippen molar-refractivity contribution in [3.63, 3.8) is 0 Å². The molecule has 0 heterocycles. The van der Waals surface area contributed by atoms with Crippen LogP contribution in [0.25, 0.3) is 66.8 Å². The molecule has 0 atom stereocenters. The van der Waals surface area contributed by atoms with E-state index in [4.69, 9.17) is 0 Å². The highest BCUT2D eigenvalue weighted by atomic mass is 15.1. The number of rotatable bonds is 12. The third-order valence-electron chi connectivity index (χ3n) is 12.7. The van der Waals surface area contributed by atoms with Crippen LogP contribution in [0.4, 0.5) is 34.1 Å². The van der Waals surface area contributed by atoms with Gasteiger partial charge in [0.05, 0.1) is 11.4 Å². The molecule has 0 bridgehead atoms. The van der Waals surface area contributed by atoms with Crippen LogP contribution in [0.2, 0.25) is 0 Å². The summed E-state index contributed by atoms with van der Waals surface area (Å²) in [6, 6.07) is 105. The minimum absolute atomic E-state index is 1.07. The number of benzene rings is 11. The molecule has 11 rings (SSSR count). The molecule has 0 N–H and O–H groups in total. The van der Waals surface area contributed by atoms with Gasteiger partial charge in [-0.25, -0.2) is 0 Å². The van der Waals surface area contributed by atoms with Gasteiger partial charge in [-0.05, 0) is 122 Å². The first-order valence-corrected chi connectivity index (χ1v) is 23.2. The van der Waals surface area contributed by atoms with Crippen LogP contribution in [-0.2, 0) is 0 Å². The summed E-state index contributed by atoms with van der Waals surface area (Å²) in [5, 5.41) is 0. The van der Waals surface area contributed by atoms with E-state index in [1.807, 2.05) is 0 Å². The number of nitrogens with zero attached hydrogens (tertiary/aromatic N) is 2. The van der Waals surface area contributed by atoms with Gasteiger partial charge in [0.15, 0.2) is 0 Å². The zero-order chi connectivity index (χ0) is 45.5. The lowest BCUT2D eigenvalue weighted by Crippen LogP contribution is -2.11. The summed E-state index contributed by atoms with van der Waals surface area (Å²) in [6.45, 7) is 0. The molecule has 322 valence electrons. The Hall–Kier alpha value is -8.98. The minimum atomic E-state index is 1.07. The summed E-state index contributed by atoms with van der Waals surface area (Å²) >= 11 is 0. The molecule has 0 aromatic heterocycles. The van der Waals surface area contributed by atoms with Gasteiger partial charge in [0.25, 0.3) is 0 Å². The first-order valence-electron chi connectivity index (χ1n) is 23.2. The molecule has 2 heteroatoms. The Balaban J connectivity index is 0.973. The van der Waals surface area contributed by atoms with E-state index in [1.54, 1.807) is 0 Å². The van der Waals surface area contributed by atoms with Gasteiger partial charge in [0.2, 0.25) is 0 Å². The zero-order valence-electron chi connectivity index (χ0n) is 37.6. The molecule has 0 amide bonds. The van der Waals surface area contributed by atoms with Crippen molar-refractivity contribution in [2.45, 2.75) is 0 Å². The molecule has 0 saturated heterocycles. The van der Waals surface area contributed by atoms with Crippen LogP contribution in [0.3, 0.4) is 0 Å². The fourth-order valence-corrected chi connectivity index (χ4v) is 9.25. The van der Waals surface area contributed by atoms with Gasteiger partial charge < -0.3 is 9.80 Å². The van der Waals surface area contributed by atoms with E-state index in [9.17, 15) is 0 Å². The second kappa shape index (κ2) is 19.2. The van der Waals surface area contributed by atoms with Gasteiger partial charge in [-0.3, -0.25) is 0 Å². The Morgan fingerprint density at radius 3 is 0.779 bits per heavy atom. The van der Waals surface area contributed by atoms with Crippen LogP contribution in [0.1, 0.15) is 0 Å². The fraction of sp³-hybridized carbons (Fsp3) is 0. The third-order valence-corrected chi connectivity index (χ3v) is 12.7. The minimum Gasteiger partial charge on any atom is -0.310 e. The lowest BCUT2D eigenvalue weighted by molar-refractivity contribution is 1.28. The fourth-order valence-electron chi connectivity index (χ4n) is 9.25. The van der Waals surface area contributed by atoms with Crippen molar-refractivity contribution in [1.82, 2.24) is 0 Å².